The Bertz CT molecular complexity index is 538. The number of urea groups is 1. The standard InChI is InChI=1S/C13H15ClN2O3S/c1-8-7-20-6-5-16(8)13(19)15-10-4-2-3-9(14)11(10)12(17)18/h2-4,8H,5-7H2,1H3,(H,15,19)(H,17,18). The molecule has 1 aliphatic rings. The third-order valence-electron chi connectivity index (χ3n) is 3.10. The van der Waals surface area contributed by atoms with Crippen molar-refractivity contribution in [3.8, 4) is 0 Å². The van der Waals surface area contributed by atoms with Crippen molar-refractivity contribution in [1.82, 2.24) is 4.90 Å². The van der Waals surface area contributed by atoms with E-state index in [1.54, 1.807) is 22.7 Å². The van der Waals surface area contributed by atoms with Gasteiger partial charge in [0.15, 0.2) is 0 Å². The lowest BCUT2D eigenvalue weighted by Crippen LogP contribution is -2.46. The minimum absolute atomic E-state index is 0.0819. The van der Waals surface area contributed by atoms with Gasteiger partial charge in [0.1, 0.15) is 5.56 Å². The topological polar surface area (TPSA) is 69.6 Å². The van der Waals surface area contributed by atoms with Crippen molar-refractivity contribution in [3.05, 3.63) is 28.8 Å². The molecule has 1 heterocycles. The van der Waals surface area contributed by atoms with Gasteiger partial charge in [-0.15, -0.1) is 0 Å². The van der Waals surface area contributed by atoms with Crippen molar-refractivity contribution in [2.24, 2.45) is 0 Å². The number of carboxylic acid groups (broad SMARTS) is 1. The Hall–Kier alpha value is -1.40. The van der Waals surface area contributed by atoms with Gasteiger partial charge < -0.3 is 15.3 Å². The SMILES string of the molecule is CC1CSCCN1C(=O)Nc1cccc(Cl)c1C(=O)O. The highest BCUT2D eigenvalue weighted by Crippen LogP contribution is 2.25. The van der Waals surface area contributed by atoms with Crippen LogP contribution in [0.4, 0.5) is 10.5 Å². The average Bonchev–Trinajstić information content (AvgIpc) is 2.38. The van der Waals surface area contributed by atoms with Crippen molar-refractivity contribution in [2.45, 2.75) is 13.0 Å². The molecule has 0 aliphatic carbocycles. The van der Waals surface area contributed by atoms with Gasteiger partial charge in [-0.05, 0) is 19.1 Å². The lowest BCUT2D eigenvalue weighted by Gasteiger charge is -2.33. The summed E-state index contributed by atoms with van der Waals surface area (Å²) in [5.74, 6) is 0.613. The van der Waals surface area contributed by atoms with Gasteiger partial charge in [0.2, 0.25) is 0 Å². The monoisotopic (exact) mass is 314 g/mol. The smallest absolute Gasteiger partial charge is 0.339 e. The first-order valence-electron chi connectivity index (χ1n) is 6.18. The summed E-state index contributed by atoms with van der Waals surface area (Å²) in [7, 11) is 0. The number of amides is 2. The lowest BCUT2D eigenvalue weighted by molar-refractivity contribution is 0.0698. The molecule has 1 aromatic carbocycles. The molecule has 0 spiro atoms. The summed E-state index contributed by atoms with van der Waals surface area (Å²) in [5.41, 5.74) is 0.141. The number of carboxylic acids is 1. The number of halogens is 1. The molecule has 1 atom stereocenters. The van der Waals surface area contributed by atoms with Gasteiger partial charge in [-0.25, -0.2) is 9.59 Å². The Morgan fingerprint density at radius 2 is 2.25 bits per heavy atom. The highest BCUT2D eigenvalue weighted by atomic mass is 35.5. The van der Waals surface area contributed by atoms with Crippen molar-refractivity contribution >= 4 is 41.1 Å². The molecule has 108 valence electrons. The summed E-state index contributed by atoms with van der Waals surface area (Å²) in [6.07, 6.45) is 0. The first-order chi connectivity index (χ1) is 9.50. The van der Waals surface area contributed by atoms with E-state index in [1.165, 1.54) is 12.1 Å². The van der Waals surface area contributed by atoms with E-state index >= 15 is 0 Å². The molecule has 0 saturated carbocycles. The number of anilines is 1. The van der Waals surface area contributed by atoms with Crippen LogP contribution in [-0.2, 0) is 0 Å². The first-order valence-corrected chi connectivity index (χ1v) is 7.71. The van der Waals surface area contributed by atoms with Gasteiger partial charge in [-0.2, -0.15) is 11.8 Å². The van der Waals surface area contributed by atoms with Crippen LogP contribution in [0.5, 0.6) is 0 Å². The molecule has 1 unspecified atom stereocenters. The van der Waals surface area contributed by atoms with Crippen LogP contribution in [0.3, 0.4) is 0 Å². The minimum Gasteiger partial charge on any atom is -0.478 e. The number of hydrogen-bond donors (Lipinski definition) is 2. The molecule has 1 saturated heterocycles. The number of carbonyl (C=O) groups excluding carboxylic acids is 1. The van der Waals surface area contributed by atoms with Crippen LogP contribution in [0.25, 0.3) is 0 Å². The molecule has 0 bridgehead atoms. The maximum absolute atomic E-state index is 12.2. The molecule has 0 aromatic heterocycles. The van der Waals surface area contributed by atoms with Crippen molar-refractivity contribution in [2.75, 3.05) is 23.4 Å². The molecule has 7 heteroatoms. The van der Waals surface area contributed by atoms with E-state index < -0.39 is 5.97 Å². The Kier molecular flexibility index (Phi) is 4.77. The van der Waals surface area contributed by atoms with Gasteiger partial charge in [0.25, 0.3) is 0 Å². The quantitative estimate of drug-likeness (QED) is 0.880. The fraction of sp³-hybridized carbons (Fsp3) is 0.385. The van der Waals surface area contributed by atoms with Crippen LogP contribution in [0, 0.1) is 0 Å². The normalized spacial score (nSPS) is 18.7. The highest BCUT2D eigenvalue weighted by molar-refractivity contribution is 7.99. The van der Waals surface area contributed by atoms with Crippen LogP contribution in [0.1, 0.15) is 17.3 Å². The van der Waals surface area contributed by atoms with E-state index in [9.17, 15) is 9.59 Å². The van der Waals surface area contributed by atoms with Crippen LogP contribution >= 0.6 is 23.4 Å². The van der Waals surface area contributed by atoms with Gasteiger partial charge in [0, 0.05) is 24.1 Å². The van der Waals surface area contributed by atoms with E-state index in [0.717, 1.165) is 11.5 Å². The lowest BCUT2D eigenvalue weighted by atomic mass is 10.2. The first kappa shape index (κ1) is 15.0. The summed E-state index contributed by atoms with van der Waals surface area (Å²) < 4.78 is 0. The molecule has 1 aromatic rings. The predicted octanol–water partition coefficient (Wildman–Crippen LogP) is 3.01. The molecule has 2 rings (SSSR count). The zero-order chi connectivity index (χ0) is 14.7. The van der Waals surface area contributed by atoms with Crippen LogP contribution in [0.2, 0.25) is 5.02 Å². The summed E-state index contributed by atoms with van der Waals surface area (Å²) in [6.45, 7) is 2.63. The van der Waals surface area contributed by atoms with Crippen LogP contribution < -0.4 is 5.32 Å². The summed E-state index contributed by atoms with van der Waals surface area (Å²) >= 11 is 7.68. The molecular weight excluding hydrogens is 300 g/mol. The second kappa shape index (κ2) is 6.37. The highest BCUT2D eigenvalue weighted by Gasteiger charge is 2.25. The van der Waals surface area contributed by atoms with Crippen LogP contribution in [-0.4, -0.2) is 46.1 Å². The summed E-state index contributed by atoms with van der Waals surface area (Å²) in [4.78, 5) is 25.2. The number of thioether (sulfide) groups is 1. The van der Waals surface area contributed by atoms with E-state index in [0.29, 0.717) is 6.54 Å². The second-order valence-corrected chi connectivity index (χ2v) is 6.07. The number of nitrogens with one attached hydrogen (secondary N) is 1. The Morgan fingerprint density at radius 1 is 1.50 bits per heavy atom. The number of aromatic carboxylic acids is 1. The zero-order valence-corrected chi connectivity index (χ0v) is 12.5. The molecule has 5 nitrogen and oxygen atoms in total. The van der Waals surface area contributed by atoms with Crippen molar-refractivity contribution in [1.29, 1.82) is 0 Å². The molecular formula is C13H15ClN2O3S. The molecule has 1 fully saturated rings. The summed E-state index contributed by atoms with van der Waals surface area (Å²) in [6, 6.07) is 4.47. The fourth-order valence-corrected chi connectivity index (χ4v) is 3.33. The number of hydrogen-bond acceptors (Lipinski definition) is 3. The van der Waals surface area contributed by atoms with Gasteiger partial charge >= 0.3 is 12.0 Å². The minimum atomic E-state index is -1.16. The van der Waals surface area contributed by atoms with E-state index in [1.807, 2.05) is 6.92 Å². The Labute approximate surface area is 126 Å². The van der Waals surface area contributed by atoms with Crippen LogP contribution in [0.15, 0.2) is 18.2 Å². The van der Waals surface area contributed by atoms with Gasteiger partial charge in [0.05, 0.1) is 10.7 Å². The molecule has 2 amide bonds. The van der Waals surface area contributed by atoms with Crippen molar-refractivity contribution in [3.63, 3.8) is 0 Å². The largest absolute Gasteiger partial charge is 0.478 e. The number of carbonyl (C=O) groups is 2. The van der Waals surface area contributed by atoms with Crippen molar-refractivity contribution < 1.29 is 14.7 Å². The van der Waals surface area contributed by atoms with Gasteiger partial charge in [-0.1, -0.05) is 17.7 Å². The second-order valence-electron chi connectivity index (χ2n) is 4.52. The van der Waals surface area contributed by atoms with E-state index in [4.69, 9.17) is 16.7 Å². The summed E-state index contributed by atoms with van der Waals surface area (Å²) in [5, 5.41) is 11.9. The molecule has 2 N–H and O–H groups in total. The Balaban J connectivity index is 2.19. The maximum atomic E-state index is 12.2. The number of benzene rings is 1. The van der Waals surface area contributed by atoms with E-state index in [-0.39, 0.29) is 28.3 Å². The van der Waals surface area contributed by atoms with Gasteiger partial charge in [-0.3, -0.25) is 0 Å². The fourth-order valence-electron chi connectivity index (χ4n) is 2.06. The zero-order valence-electron chi connectivity index (χ0n) is 10.9. The maximum Gasteiger partial charge on any atom is 0.339 e. The third kappa shape index (κ3) is 3.19. The molecule has 1 aliphatic heterocycles. The third-order valence-corrected chi connectivity index (χ3v) is 4.60. The molecule has 0 radical (unpaired) electrons. The Morgan fingerprint density at radius 3 is 2.90 bits per heavy atom. The average molecular weight is 315 g/mol. The predicted molar refractivity (Wildman–Crippen MR) is 80.9 cm³/mol. The number of rotatable bonds is 2. The van der Waals surface area contributed by atoms with E-state index in [2.05, 4.69) is 5.32 Å². The number of nitrogens with zero attached hydrogens (tertiary/aromatic N) is 1. The molecule has 20 heavy (non-hydrogen) atoms.